The molecule has 2 heterocycles. The van der Waals surface area contributed by atoms with Crippen molar-refractivity contribution < 1.29 is 13.2 Å². The Hall–Kier alpha value is -2.78. The number of imidazole rings is 1. The second-order valence-corrected chi connectivity index (χ2v) is 9.49. The Labute approximate surface area is 189 Å². The summed E-state index contributed by atoms with van der Waals surface area (Å²) in [5.41, 5.74) is 2.30. The minimum Gasteiger partial charge on any atom is -0.348 e. The van der Waals surface area contributed by atoms with Crippen molar-refractivity contribution in [2.75, 3.05) is 13.1 Å². The average Bonchev–Trinajstić information content (AvgIpc) is 3.15. The van der Waals surface area contributed by atoms with E-state index in [9.17, 15) is 13.2 Å². The van der Waals surface area contributed by atoms with Crippen LogP contribution in [-0.2, 0) is 27.8 Å². The summed E-state index contributed by atoms with van der Waals surface area (Å²) in [5, 5.41) is 2.97. The quantitative estimate of drug-likeness (QED) is 0.504. The molecular formula is C23H31N5O3S. The fraction of sp³-hybridized carbons (Fsp3) is 0.435. The topological polar surface area (TPSA) is 97.2 Å². The van der Waals surface area contributed by atoms with Crippen molar-refractivity contribution >= 4 is 27.0 Å². The van der Waals surface area contributed by atoms with E-state index in [1.165, 1.54) is 4.31 Å². The third-order valence-electron chi connectivity index (χ3n) is 5.54. The highest BCUT2D eigenvalue weighted by Crippen LogP contribution is 2.23. The van der Waals surface area contributed by atoms with E-state index in [-0.39, 0.29) is 23.3 Å². The summed E-state index contributed by atoms with van der Waals surface area (Å²) in [4.78, 5) is 21.7. The lowest BCUT2D eigenvalue weighted by Gasteiger charge is -2.18. The molecule has 9 heteroatoms. The fourth-order valence-electron chi connectivity index (χ4n) is 3.82. The van der Waals surface area contributed by atoms with Crippen molar-refractivity contribution in [2.24, 2.45) is 0 Å². The number of fused-ring (bicyclic) bond motifs is 1. The largest absolute Gasteiger partial charge is 0.348 e. The molecule has 0 aliphatic carbocycles. The fourth-order valence-corrected chi connectivity index (χ4v) is 5.30. The summed E-state index contributed by atoms with van der Waals surface area (Å²) in [6, 6.07) is 10.5. The molecule has 8 nitrogen and oxygen atoms in total. The predicted molar refractivity (Wildman–Crippen MR) is 125 cm³/mol. The molecule has 1 aromatic carbocycles. The summed E-state index contributed by atoms with van der Waals surface area (Å²) in [5.74, 6) is 0.684. The molecule has 0 aliphatic rings. The minimum atomic E-state index is -3.55. The average molecular weight is 458 g/mol. The number of hydrogen-bond donors (Lipinski definition) is 1. The highest BCUT2D eigenvalue weighted by atomic mass is 32.2. The summed E-state index contributed by atoms with van der Waals surface area (Å²) in [6.07, 6.45) is 2.45. The standard InChI is InChI=1S/C23H31N5O3S/c1-5-27(6-2)32(30,31)18-11-12-21-20(16-18)26-22(28(21)7-3)13-14-23(29)25-17(4)19-10-8-9-15-24-19/h8-12,15-17H,5-7,13-14H2,1-4H3,(H,25,29). The molecule has 0 fully saturated rings. The number of carbonyl (C=O) groups is 1. The SMILES string of the molecule is CCN(CC)S(=O)(=O)c1ccc2c(c1)nc(CCC(=O)NC(C)c1ccccn1)n2CC. The lowest BCUT2D eigenvalue weighted by Crippen LogP contribution is -2.30. The Morgan fingerprint density at radius 1 is 1.16 bits per heavy atom. The summed E-state index contributed by atoms with van der Waals surface area (Å²) < 4.78 is 29.2. The van der Waals surface area contributed by atoms with E-state index < -0.39 is 10.0 Å². The monoisotopic (exact) mass is 457 g/mol. The van der Waals surface area contributed by atoms with E-state index in [0.29, 0.717) is 31.6 Å². The second kappa shape index (κ2) is 10.2. The van der Waals surface area contributed by atoms with Crippen LogP contribution < -0.4 is 5.32 Å². The van der Waals surface area contributed by atoms with E-state index in [2.05, 4.69) is 15.3 Å². The molecule has 0 saturated heterocycles. The molecule has 3 aromatic rings. The van der Waals surface area contributed by atoms with Gasteiger partial charge in [-0.2, -0.15) is 4.31 Å². The van der Waals surface area contributed by atoms with Crippen LogP contribution in [0.3, 0.4) is 0 Å². The van der Waals surface area contributed by atoms with Crippen molar-refractivity contribution in [3.05, 3.63) is 54.1 Å². The van der Waals surface area contributed by atoms with Crippen molar-refractivity contribution in [3.8, 4) is 0 Å². The first-order valence-electron chi connectivity index (χ1n) is 11.0. The minimum absolute atomic E-state index is 0.0809. The first-order valence-corrected chi connectivity index (χ1v) is 12.4. The van der Waals surface area contributed by atoms with Gasteiger partial charge in [0.15, 0.2) is 0 Å². The smallest absolute Gasteiger partial charge is 0.243 e. The number of aryl methyl sites for hydroxylation is 2. The molecule has 32 heavy (non-hydrogen) atoms. The van der Waals surface area contributed by atoms with E-state index >= 15 is 0 Å². The van der Waals surface area contributed by atoms with Crippen molar-refractivity contribution in [3.63, 3.8) is 0 Å². The van der Waals surface area contributed by atoms with Gasteiger partial charge in [-0.25, -0.2) is 13.4 Å². The van der Waals surface area contributed by atoms with Crippen LogP contribution >= 0.6 is 0 Å². The van der Waals surface area contributed by atoms with E-state index in [4.69, 9.17) is 0 Å². The summed E-state index contributed by atoms with van der Waals surface area (Å²) in [7, 11) is -3.55. The maximum atomic E-state index is 12.9. The van der Waals surface area contributed by atoms with Crippen LogP contribution in [0, 0.1) is 0 Å². The number of amides is 1. The zero-order valence-corrected chi connectivity index (χ0v) is 19.9. The molecule has 172 valence electrons. The Kier molecular flexibility index (Phi) is 7.63. The van der Waals surface area contributed by atoms with Crippen LogP contribution in [0.4, 0.5) is 0 Å². The van der Waals surface area contributed by atoms with Crippen LogP contribution in [-0.4, -0.2) is 46.3 Å². The van der Waals surface area contributed by atoms with Gasteiger partial charge in [-0.1, -0.05) is 19.9 Å². The van der Waals surface area contributed by atoms with Crippen LogP contribution in [0.5, 0.6) is 0 Å². The maximum absolute atomic E-state index is 12.9. The number of benzene rings is 1. The van der Waals surface area contributed by atoms with Crippen LogP contribution in [0.25, 0.3) is 11.0 Å². The molecule has 1 atom stereocenters. The zero-order valence-electron chi connectivity index (χ0n) is 19.1. The summed E-state index contributed by atoms with van der Waals surface area (Å²) in [6.45, 7) is 9.06. The number of rotatable bonds is 10. The number of nitrogens with zero attached hydrogens (tertiary/aromatic N) is 4. The van der Waals surface area contributed by atoms with Gasteiger partial charge < -0.3 is 9.88 Å². The number of carbonyl (C=O) groups excluding carboxylic acids is 1. The normalized spacial score (nSPS) is 12.9. The third kappa shape index (κ3) is 4.99. The Morgan fingerprint density at radius 3 is 2.53 bits per heavy atom. The van der Waals surface area contributed by atoms with Gasteiger partial charge in [0.1, 0.15) is 5.82 Å². The van der Waals surface area contributed by atoms with Crippen molar-refractivity contribution in [1.82, 2.24) is 24.2 Å². The van der Waals surface area contributed by atoms with Crippen LogP contribution in [0.15, 0.2) is 47.5 Å². The Morgan fingerprint density at radius 2 is 1.91 bits per heavy atom. The predicted octanol–water partition coefficient (Wildman–Crippen LogP) is 3.29. The number of hydrogen-bond acceptors (Lipinski definition) is 5. The molecule has 0 saturated carbocycles. The molecule has 0 aliphatic heterocycles. The second-order valence-electron chi connectivity index (χ2n) is 7.56. The van der Waals surface area contributed by atoms with Crippen molar-refractivity contribution in [1.29, 1.82) is 0 Å². The summed E-state index contributed by atoms with van der Waals surface area (Å²) >= 11 is 0. The molecule has 1 unspecified atom stereocenters. The lowest BCUT2D eigenvalue weighted by atomic mass is 10.2. The molecule has 0 bridgehead atoms. The highest BCUT2D eigenvalue weighted by molar-refractivity contribution is 7.89. The molecule has 1 N–H and O–H groups in total. The number of nitrogens with one attached hydrogen (secondary N) is 1. The molecular weight excluding hydrogens is 426 g/mol. The Bertz CT molecular complexity index is 1170. The van der Waals surface area contributed by atoms with Gasteiger partial charge in [-0.15, -0.1) is 0 Å². The molecule has 2 aromatic heterocycles. The number of sulfonamides is 1. The van der Waals surface area contributed by atoms with Gasteiger partial charge in [-0.05, 0) is 44.2 Å². The van der Waals surface area contributed by atoms with Crippen LogP contribution in [0.1, 0.15) is 51.7 Å². The van der Waals surface area contributed by atoms with Gasteiger partial charge in [0.2, 0.25) is 15.9 Å². The first-order chi connectivity index (χ1) is 15.3. The molecule has 0 spiro atoms. The van der Waals surface area contributed by atoms with Gasteiger partial charge >= 0.3 is 0 Å². The van der Waals surface area contributed by atoms with Gasteiger partial charge in [0.05, 0.1) is 27.7 Å². The van der Waals surface area contributed by atoms with E-state index in [1.807, 2.05) is 50.5 Å². The number of aromatic nitrogens is 3. The third-order valence-corrected chi connectivity index (χ3v) is 7.59. The molecule has 0 radical (unpaired) electrons. The first kappa shape index (κ1) is 23.9. The van der Waals surface area contributed by atoms with E-state index in [1.54, 1.807) is 24.4 Å². The number of pyridine rings is 1. The van der Waals surface area contributed by atoms with Gasteiger partial charge in [-0.3, -0.25) is 9.78 Å². The lowest BCUT2D eigenvalue weighted by molar-refractivity contribution is -0.121. The zero-order chi connectivity index (χ0) is 23.3. The van der Waals surface area contributed by atoms with Crippen molar-refractivity contribution in [2.45, 2.75) is 58.0 Å². The molecule has 1 amide bonds. The maximum Gasteiger partial charge on any atom is 0.243 e. The highest BCUT2D eigenvalue weighted by Gasteiger charge is 2.23. The van der Waals surface area contributed by atoms with Crippen LogP contribution in [0.2, 0.25) is 0 Å². The van der Waals surface area contributed by atoms with E-state index in [0.717, 1.165) is 17.0 Å². The van der Waals surface area contributed by atoms with Gasteiger partial charge in [0.25, 0.3) is 0 Å². The Balaban J connectivity index is 1.77. The van der Waals surface area contributed by atoms with Gasteiger partial charge in [0, 0.05) is 38.7 Å². The molecule has 3 rings (SSSR count).